The summed E-state index contributed by atoms with van der Waals surface area (Å²) in [6.45, 7) is 7.18. The summed E-state index contributed by atoms with van der Waals surface area (Å²) < 4.78 is 10.6. The molecule has 3 heterocycles. The van der Waals surface area contributed by atoms with E-state index in [4.69, 9.17) is 8.94 Å². The van der Waals surface area contributed by atoms with Crippen LogP contribution in [0.4, 0.5) is 5.82 Å². The molecule has 0 bridgehead atoms. The van der Waals surface area contributed by atoms with Crippen LogP contribution in [0, 0.1) is 13.8 Å². The van der Waals surface area contributed by atoms with Gasteiger partial charge in [-0.1, -0.05) is 5.16 Å². The van der Waals surface area contributed by atoms with Gasteiger partial charge in [0.05, 0.1) is 13.1 Å². The second-order valence-corrected chi connectivity index (χ2v) is 6.76. The van der Waals surface area contributed by atoms with Gasteiger partial charge in [-0.15, -0.1) is 0 Å². The third kappa shape index (κ3) is 4.94. The lowest BCUT2D eigenvalue weighted by Crippen LogP contribution is -2.54. The number of aromatic nitrogens is 1. The monoisotopic (exact) mass is 362 g/mol. The second-order valence-electron chi connectivity index (χ2n) is 6.76. The van der Waals surface area contributed by atoms with Gasteiger partial charge in [0.15, 0.2) is 5.82 Å². The Hall–Kier alpha value is -2.16. The van der Waals surface area contributed by atoms with Gasteiger partial charge in [-0.05, 0) is 32.4 Å². The third-order valence-electron chi connectivity index (χ3n) is 4.57. The molecule has 1 atom stereocenters. The summed E-state index contributed by atoms with van der Waals surface area (Å²) in [7, 11) is 0. The number of hydrogen-bond acceptors (Lipinski definition) is 7. The Kier molecular flexibility index (Phi) is 6.08. The highest BCUT2D eigenvalue weighted by Crippen LogP contribution is 2.18. The van der Waals surface area contributed by atoms with E-state index < -0.39 is 0 Å². The van der Waals surface area contributed by atoms with E-state index in [1.165, 1.54) is 0 Å². The lowest BCUT2D eigenvalue weighted by atomic mass is 10.1. The fourth-order valence-electron chi connectivity index (χ4n) is 3.31. The van der Waals surface area contributed by atoms with E-state index in [0.29, 0.717) is 24.5 Å². The zero-order chi connectivity index (χ0) is 18.5. The molecule has 0 radical (unpaired) electrons. The largest absolute Gasteiger partial charge is 0.465 e. The normalized spacial score (nSPS) is 19.0. The van der Waals surface area contributed by atoms with Crippen LogP contribution in [0.5, 0.6) is 0 Å². The maximum atomic E-state index is 12.2. The molecule has 142 valence electrons. The van der Waals surface area contributed by atoms with Gasteiger partial charge >= 0.3 is 0 Å². The van der Waals surface area contributed by atoms with Crippen LogP contribution in [0.2, 0.25) is 0 Å². The minimum atomic E-state index is -0.115. The number of aliphatic hydroxyl groups excluding tert-OH is 1. The van der Waals surface area contributed by atoms with Gasteiger partial charge in [-0.25, -0.2) is 0 Å². The summed E-state index contributed by atoms with van der Waals surface area (Å²) in [5.41, 5.74) is 0. The molecular weight excluding hydrogens is 336 g/mol. The van der Waals surface area contributed by atoms with E-state index in [-0.39, 0.29) is 18.6 Å². The van der Waals surface area contributed by atoms with Crippen molar-refractivity contribution in [3.05, 3.63) is 35.5 Å². The van der Waals surface area contributed by atoms with Crippen LogP contribution >= 0.6 is 0 Å². The van der Waals surface area contributed by atoms with Crippen molar-refractivity contribution >= 4 is 11.7 Å². The molecule has 0 aliphatic carbocycles. The fourth-order valence-corrected chi connectivity index (χ4v) is 3.31. The van der Waals surface area contributed by atoms with Crippen LogP contribution in [0.1, 0.15) is 23.7 Å². The predicted molar refractivity (Wildman–Crippen MR) is 95.7 cm³/mol. The number of rotatable bonds is 7. The first-order valence-electron chi connectivity index (χ1n) is 8.89. The zero-order valence-corrected chi connectivity index (χ0v) is 15.3. The maximum absolute atomic E-state index is 12.2. The van der Waals surface area contributed by atoms with Gasteiger partial charge in [0.1, 0.15) is 17.3 Å². The number of carbonyl (C=O) groups is 1. The molecule has 0 saturated carbocycles. The molecule has 8 heteroatoms. The number of hydrogen-bond donors (Lipinski definition) is 2. The van der Waals surface area contributed by atoms with E-state index in [1.54, 1.807) is 13.0 Å². The molecule has 1 aliphatic rings. The van der Waals surface area contributed by atoms with E-state index >= 15 is 0 Å². The lowest BCUT2D eigenvalue weighted by Gasteiger charge is -2.40. The SMILES string of the molecule is Cc1cc(NC(=O)CN2CCN(Cc3ccc(C)o3)[C@H](CCO)C2)no1. The summed E-state index contributed by atoms with van der Waals surface area (Å²) in [5, 5.41) is 15.9. The predicted octanol–water partition coefficient (Wildman–Crippen LogP) is 1.39. The van der Waals surface area contributed by atoms with Crippen molar-refractivity contribution < 1.29 is 18.8 Å². The van der Waals surface area contributed by atoms with Gasteiger partial charge in [-0.2, -0.15) is 0 Å². The van der Waals surface area contributed by atoms with E-state index in [0.717, 1.165) is 37.7 Å². The number of nitrogens with one attached hydrogen (secondary N) is 1. The number of anilines is 1. The van der Waals surface area contributed by atoms with Crippen LogP contribution in [0.15, 0.2) is 27.1 Å². The van der Waals surface area contributed by atoms with Crippen molar-refractivity contribution in [3.8, 4) is 0 Å². The average molecular weight is 362 g/mol. The highest BCUT2D eigenvalue weighted by Gasteiger charge is 2.28. The molecule has 2 aromatic heterocycles. The lowest BCUT2D eigenvalue weighted by molar-refractivity contribution is -0.118. The number of amides is 1. The second kappa shape index (κ2) is 8.48. The number of carbonyl (C=O) groups excluding carboxylic acids is 1. The first-order chi connectivity index (χ1) is 12.5. The Bertz CT molecular complexity index is 726. The number of aliphatic hydroxyl groups is 1. The molecule has 0 unspecified atom stereocenters. The zero-order valence-electron chi connectivity index (χ0n) is 15.3. The van der Waals surface area contributed by atoms with Gasteiger partial charge in [0.2, 0.25) is 5.91 Å². The summed E-state index contributed by atoms with van der Waals surface area (Å²) in [6.07, 6.45) is 0.667. The van der Waals surface area contributed by atoms with Gasteiger partial charge in [0, 0.05) is 38.3 Å². The van der Waals surface area contributed by atoms with Crippen LogP contribution in [0.25, 0.3) is 0 Å². The standard InChI is InChI=1S/C18H26N4O4/c1-13-3-4-16(25-13)11-22-7-6-21(10-15(22)5-8-23)12-18(24)19-17-9-14(2)26-20-17/h3-4,9,15,23H,5-8,10-12H2,1-2H3,(H,19,20,24)/t15-/m1/s1. The Labute approximate surface area is 152 Å². The molecule has 3 rings (SSSR count). The molecular formula is C18H26N4O4. The maximum Gasteiger partial charge on any atom is 0.239 e. The van der Waals surface area contributed by atoms with E-state index in [9.17, 15) is 9.90 Å². The minimum absolute atomic E-state index is 0.115. The van der Waals surface area contributed by atoms with Gasteiger partial charge < -0.3 is 19.4 Å². The molecule has 1 fully saturated rings. The van der Waals surface area contributed by atoms with Crippen molar-refractivity contribution in [2.24, 2.45) is 0 Å². The Morgan fingerprint density at radius 3 is 2.85 bits per heavy atom. The van der Waals surface area contributed by atoms with Gasteiger partial charge in [0.25, 0.3) is 0 Å². The molecule has 0 aromatic carbocycles. The van der Waals surface area contributed by atoms with E-state index in [1.807, 2.05) is 19.1 Å². The Morgan fingerprint density at radius 1 is 1.35 bits per heavy atom. The van der Waals surface area contributed by atoms with Crippen molar-refractivity contribution in [3.63, 3.8) is 0 Å². The first-order valence-corrected chi connectivity index (χ1v) is 8.89. The number of aryl methyl sites for hydroxylation is 2. The van der Waals surface area contributed by atoms with Crippen molar-refractivity contribution in [1.82, 2.24) is 15.0 Å². The summed E-state index contributed by atoms with van der Waals surface area (Å²) in [4.78, 5) is 16.6. The van der Waals surface area contributed by atoms with Crippen molar-refractivity contribution in [1.29, 1.82) is 0 Å². The summed E-state index contributed by atoms with van der Waals surface area (Å²) in [6, 6.07) is 5.82. The van der Waals surface area contributed by atoms with E-state index in [2.05, 4.69) is 20.3 Å². The quantitative estimate of drug-likeness (QED) is 0.768. The molecule has 8 nitrogen and oxygen atoms in total. The summed E-state index contributed by atoms with van der Waals surface area (Å²) in [5.74, 6) is 2.81. The highest BCUT2D eigenvalue weighted by atomic mass is 16.5. The van der Waals surface area contributed by atoms with Crippen LogP contribution in [-0.2, 0) is 11.3 Å². The topological polar surface area (TPSA) is 95.0 Å². The van der Waals surface area contributed by atoms with Crippen molar-refractivity contribution in [2.75, 3.05) is 38.1 Å². The highest BCUT2D eigenvalue weighted by molar-refractivity contribution is 5.91. The van der Waals surface area contributed by atoms with Crippen LogP contribution in [-0.4, -0.2) is 64.8 Å². The molecule has 1 saturated heterocycles. The number of furan rings is 1. The van der Waals surface area contributed by atoms with Crippen LogP contribution in [0.3, 0.4) is 0 Å². The molecule has 1 amide bonds. The minimum Gasteiger partial charge on any atom is -0.465 e. The first kappa shape index (κ1) is 18.6. The fraction of sp³-hybridized carbons (Fsp3) is 0.556. The number of piperazine rings is 1. The molecule has 0 spiro atoms. The van der Waals surface area contributed by atoms with Crippen LogP contribution < -0.4 is 5.32 Å². The molecule has 1 aliphatic heterocycles. The average Bonchev–Trinajstić information content (AvgIpc) is 3.18. The molecule has 2 N–H and O–H groups in total. The summed E-state index contributed by atoms with van der Waals surface area (Å²) >= 11 is 0. The molecule has 2 aromatic rings. The van der Waals surface area contributed by atoms with Gasteiger partial charge in [-0.3, -0.25) is 14.6 Å². The third-order valence-corrected chi connectivity index (χ3v) is 4.57. The smallest absolute Gasteiger partial charge is 0.239 e. The Balaban J connectivity index is 1.53. The molecule has 26 heavy (non-hydrogen) atoms. The number of nitrogens with zero attached hydrogens (tertiary/aromatic N) is 3. The van der Waals surface area contributed by atoms with Crippen molar-refractivity contribution in [2.45, 2.75) is 32.9 Å². The Morgan fingerprint density at radius 2 is 2.19 bits per heavy atom.